The van der Waals surface area contributed by atoms with Crippen LogP contribution in [0.3, 0.4) is 0 Å². The van der Waals surface area contributed by atoms with E-state index < -0.39 is 0 Å². The molecule has 4 aromatic rings. The van der Waals surface area contributed by atoms with Crippen molar-refractivity contribution < 1.29 is 4.79 Å². The fourth-order valence-corrected chi connectivity index (χ4v) is 6.83. The third kappa shape index (κ3) is 4.45. The summed E-state index contributed by atoms with van der Waals surface area (Å²) < 4.78 is 1.61. The molecule has 5 rings (SSSR count). The lowest BCUT2D eigenvalue weighted by Gasteiger charge is -2.17. The van der Waals surface area contributed by atoms with E-state index >= 15 is 0 Å². The van der Waals surface area contributed by atoms with Crippen molar-refractivity contribution in [2.75, 3.05) is 11.1 Å². The fraction of sp³-hybridized carbons (Fsp3) is 0.286. The lowest BCUT2D eigenvalue weighted by Crippen LogP contribution is -2.23. The summed E-state index contributed by atoms with van der Waals surface area (Å²) in [4.78, 5) is 32.5. The molecule has 1 N–H and O–H groups in total. The average molecular weight is 515 g/mol. The van der Waals surface area contributed by atoms with Gasteiger partial charge in [0.15, 0.2) is 5.16 Å². The molecule has 1 aliphatic carbocycles. The number of nitrogens with zero attached hydrogens (tertiary/aromatic N) is 3. The molecule has 2 aromatic carbocycles. The number of carbonyl (C=O) groups excluding carboxylic acids is 1. The number of nitrogens with one attached hydrogen (secondary N) is 1. The molecule has 6 nitrogen and oxygen atoms in total. The Morgan fingerprint density at radius 2 is 2.06 bits per heavy atom. The van der Waals surface area contributed by atoms with Crippen molar-refractivity contribution in [2.24, 2.45) is 5.92 Å². The van der Waals surface area contributed by atoms with Gasteiger partial charge >= 0.3 is 0 Å². The number of nitriles is 1. The second kappa shape index (κ2) is 9.92. The molecule has 0 saturated carbocycles. The van der Waals surface area contributed by atoms with Crippen LogP contribution in [0.1, 0.15) is 40.5 Å². The van der Waals surface area contributed by atoms with Crippen LogP contribution in [-0.2, 0) is 17.6 Å². The van der Waals surface area contributed by atoms with E-state index in [0.717, 1.165) is 41.6 Å². The van der Waals surface area contributed by atoms with E-state index in [1.807, 2.05) is 50.2 Å². The van der Waals surface area contributed by atoms with Crippen LogP contribution in [-0.4, -0.2) is 21.2 Å². The third-order valence-corrected chi connectivity index (χ3v) is 8.88. The highest BCUT2D eigenvalue weighted by Crippen LogP contribution is 2.39. The van der Waals surface area contributed by atoms with Crippen molar-refractivity contribution in [1.29, 1.82) is 5.26 Å². The number of carbonyl (C=O) groups is 1. The lowest BCUT2D eigenvalue weighted by molar-refractivity contribution is -0.113. The smallest absolute Gasteiger partial charge is 0.266 e. The number of aryl methyl sites for hydroxylation is 1. The van der Waals surface area contributed by atoms with E-state index in [-0.39, 0.29) is 17.2 Å². The summed E-state index contributed by atoms with van der Waals surface area (Å²) in [6, 6.07) is 15.4. The summed E-state index contributed by atoms with van der Waals surface area (Å²) >= 11 is 2.74. The Hall–Kier alpha value is -3.41. The first-order valence-corrected chi connectivity index (χ1v) is 13.7. The summed E-state index contributed by atoms with van der Waals surface area (Å²) in [6.07, 6.45) is 2.89. The van der Waals surface area contributed by atoms with Crippen molar-refractivity contribution in [3.63, 3.8) is 0 Å². The number of hydrogen-bond donors (Lipinski definition) is 1. The molecule has 182 valence electrons. The van der Waals surface area contributed by atoms with Gasteiger partial charge in [0, 0.05) is 4.88 Å². The number of para-hydroxylation sites is 1. The Morgan fingerprint density at radius 1 is 1.25 bits per heavy atom. The van der Waals surface area contributed by atoms with E-state index in [1.165, 1.54) is 28.0 Å². The maximum atomic E-state index is 13.5. The van der Waals surface area contributed by atoms with E-state index in [2.05, 4.69) is 18.3 Å². The van der Waals surface area contributed by atoms with Gasteiger partial charge in [-0.25, -0.2) is 4.98 Å². The Bertz CT molecular complexity index is 1600. The third-order valence-electron chi connectivity index (χ3n) is 6.77. The number of benzene rings is 2. The van der Waals surface area contributed by atoms with Crippen LogP contribution in [0.4, 0.5) is 5.00 Å². The zero-order valence-corrected chi connectivity index (χ0v) is 22.1. The first-order valence-electron chi connectivity index (χ1n) is 11.9. The maximum Gasteiger partial charge on any atom is 0.266 e. The molecule has 0 saturated heterocycles. The predicted octanol–water partition coefficient (Wildman–Crippen LogP) is 5.79. The standard InChI is InChI=1S/C28H26N4O2S2/c1-16-11-12-19-21(14-29)26(36-24(19)13-16)31-25(33)15-35-28-30-22-9-5-4-8-20(22)27(34)32(28)23-10-6-7-17(2)18(23)3/h4-10,16H,11-13,15H2,1-3H3,(H,31,33). The van der Waals surface area contributed by atoms with Crippen LogP contribution in [0.5, 0.6) is 0 Å². The molecule has 0 spiro atoms. The number of anilines is 1. The fourth-order valence-electron chi connectivity index (χ4n) is 4.65. The summed E-state index contributed by atoms with van der Waals surface area (Å²) in [5, 5.41) is 14.3. The van der Waals surface area contributed by atoms with Crippen LogP contribution < -0.4 is 10.9 Å². The second-order valence-corrected chi connectivity index (χ2v) is 11.3. The van der Waals surface area contributed by atoms with Crippen LogP contribution in [0.25, 0.3) is 16.6 Å². The van der Waals surface area contributed by atoms with E-state index in [4.69, 9.17) is 4.98 Å². The molecular weight excluding hydrogens is 488 g/mol. The largest absolute Gasteiger partial charge is 0.316 e. The molecule has 1 amide bonds. The molecule has 1 atom stereocenters. The minimum Gasteiger partial charge on any atom is -0.316 e. The molecule has 0 fully saturated rings. The molecule has 0 aliphatic heterocycles. The number of fused-ring (bicyclic) bond motifs is 2. The number of thiophene rings is 1. The Kier molecular flexibility index (Phi) is 6.69. The van der Waals surface area contributed by atoms with Crippen molar-refractivity contribution in [3.05, 3.63) is 79.9 Å². The van der Waals surface area contributed by atoms with Crippen molar-refractivity contribution in [3.8, 4) is 11.8 Å². The lowest BCUT2D eigenvalue weighted by atomic mass is 9.89. The Morgan fingerprint density at radius 3 is 2.86 bits per heavy atom. The van der Waals surface area contributed by atoms with Crippen LogP contribution >= 0.6 is 23.1 Å². The number of hydrogen-bond acceptors (Lipinski definition) is 6. The molecule has 2 aromatic heterocycles. The molecular formula is C28H26N4O2S2. The normalized spacial score (nSPS) is 14.9. The summed E-state index contributed by atoms with van der Waals surface area (Å²) in [7, 11) is 0. The number of amides is 1. The van der Waals surface area contributed by atoms with Gasteiger partial charge in [0.25, 0.3) is 5.56 Å². The zero-order valence-electron chi connectivity index (χ0n) is 20.4. The summed E-state index contributed by atoms with van der Waals surface area (Å²) in [5.41, 5.74) is 4.93. The quantitative estimate of drug-likeness (QED) is 0.269. The molecule has 0 bridgehead atoms. The summed E-state index contributed by atoms with van der Waals surface area (Å²) in [5.74, 6) is 0.431. The van der Waals surface area contributed by atoms with Gasteiger partial charge in [0.2, 0.25) is 5.91 Å². The van der Waals surface area contributed by atoms with Gasteiger partial charge in [-0.05, 0) is 73.9 Å². The van der Waals surface area contributed by atoms with Gasteiger partial charge in [0.05, 0.1) is 27.9 Å². The van der Waals surface area contributed by atoms with Gasteiger partial charge in [-0.1, -0.05) is 43.0 Å². The van der Waals surface area contributed by atoms with E-state index in [0.29, 0.717) is 32.5 Å². The average Bonchev–Trinajstić information content (AvgIpc) is 3.20. The molecule has 2 heterocycles. The van der Waals surface area contributed by atoms with Gasteiger partial charge < -0.3 is 5.32 Å². The number of aromatic nitrogens is 2. The first kappa shape index (κ1) is 24.3. The SMILES string of the molecule is Cc1cccc(-n2c(SCC(=O)Nc3sc4c(c3C#N)CCC(C)C4)nc3ccccc3c2=O)c1C. The Labute approximate surface area is 218 Å². The monoisotopic (exact) mass is 514 g/mol. The maximum absolute atomic E-state index is 13.5. The van der Waals surface area contributed by atoms with Gasteiger partial charge in [-0.3, -0.25) is 14.2 Å². The Balaban J connectivity index is 1.46. The van der Waals surface area contributed by atoms with Crippen molar-refractivity contribution in [1.82, 2.24) is 9.55 Å². The van der Waals surface area contributed by atoms with E-state index in [1.54, 1.807) is 10.6 Å². The van der Waals surface area contributed by atoms with Crippen LogP contribution in [0, 0.1) is 31.1 Å². The molecule has 0 radical (unpaired) electrons. The second-order valence-electron chi connectivity index (χ2n) is 9.28. The zero-order chi connectivity index (χ0) is 25.4. The molecule has 8 heteroatoms. The molecule has 36 heavy (non-hydrogen) atoms. The minimum absolute atomic E-state index is 0.0689. The van der Waals surface area contributed by atoms with Gasteiger partial charge in [0.1, 0.15) is 11.1 Å². The van der Waals surface area contributed by atoms with E-state index in [9.17, 15) is 14.9 Å². The minimum atomic E-state index is -0.224. The van der Waals surface area contributed by atoms with Crippen LogP contribution in [0.15, 0.2) is 52.4 Å². The molecule has 1 unspecified atom stereocenters. The number of rotatable bonds is 5. The highest BCUT2D eigenvalue weighted by atomic mass is 32.2. The molecule has 1 aliphatic rings. The summed E-state index contributed by atoms with van der Waals surface area (Å²) in [6.45, 7) is 6.21. The van der Waals surface area contributed by atoms with Gasteiger partial charge in [-0.2, -0.15) is 5.26 Å². The highest BCUT2D eigenvalue weighted by Gasteiger charge is 2.25. The predicted molar refractivity (Wildman–Crippen MR) is 146 cm³/mol. The first-order chi connectivity index (χ1) is 17.4. The van der Waals surface area contributed by atoms with Crippen molar-refractivity contribution in [2.45, 2.75) is 45.2 Å². The van der Waals surface area contributed by atoms with Gasteiger partial charge in [-0.15, -0.1) is 11.3 Å². The van der Waals surface area contributed by atoms with Crippen molar-refractivity contribution >= 4 is 44.9 Å². The topological polar surface area (TPSA) is 87.8 Å². The number of thioether (sulfide) groups is 1. The highest BCUT2D eigenvalue weighted by molar-refractivity contribution is 7.99. The van der Waals surface area contributed by atoms with Crippen LogP contribution in [0.2, 0.25) is 0 Å².